The number of aromatic nitrogens is 4. The SMILES string of the molecule is CCn1cc(NC(=O)c2ccn(COc3cccc(Cl)c3Cl)n2)c(C(=O)OC(C)C)n1. The fourth-order valence-electron chi connectivity index (χ4n) is 2.57. The highest BCUT2D eigenvalue weighted by molar-refractivity contribution is 6.42. The zero-order valence-electron chi connectivity index (χ0n) is 17.1. The summed E-state index contributed by atoms with van der Waals surface area (Å²) < 4.78 is 13.8. The molecule has 3 aromatic rings. The number of anilines is 1. The third-order valence-electron chi connectivity index (χ3n) is 4.01. The molecule has 0 saturated heterocycles. The molecule has 0 bridgehead atoms. The number of carbonyl (C=O) groups excluding carboxylic acids is 2. The first-order valence-corrected chi connectivity index (χ1v) is 10.2. The molecule has 0 unspecified atom stereocenters. The molecule has 0 saturated carbocycles. The van der Waals surface area contributed by atoms with Gasteiger partial charge in [-0.3, -0.25) is 9.48 Å². The van der Waals surface area contributed by atoms with Crippen molar-refractivity contribution in [3.63, 3.8) is 0 Å². The van der Waals surface area contributed by atoms with E-state index in [1.165, 1.54) is 15.4 Å². The molecule has 0 aliphatic rings. The Kier molecular flexibility index (Phi) is 7.19. The lowest BCUT2D eigenvalue weighted by atomic mass is 10.3. The number of rotatable bonds is 8. The monoisotopic (exact) mass is 465 g/mol. The smallest absolute Gasteiger partial charge is 0.361 e. The molecule has 1 amide bonds. The molecule has 0 aliphatic carbocycles. The van der Waals surface area contributed by atoms with E-state index in [0.717, 1.165) is 0 Å². The minimum absolute atomic E-state index is 0.0209. The van der Waals surface area contributed by atoms with Crippen LogP contribution in [0.4, 0.5) is 5.69 Å². The molecule has 11 heteroatoms. The number of amides is 1. The van der Waals surface area contributed by atoms with Gasteiger partial charge in [0.1, 0.15) is 10.8 Å². The lowest BCUT2D eigenvalue weighted by Crippen LogP contribution is -2.18. The molecule has 0 atom stereocenters. The number of esters is 1. The minimum atomic E-state index is -0.616. The van der Waals surface area contributed by atoms with Crippen LogP contribution < -0.4 is 10.1 Å². The summed E-state index contributed by atoms with van der Waals surface area (Å²) >= 11 is 12.1. The van der Waals surface area contributed by atoms with E-state index in [-0.39, 0.29) is 29.9 Å². The van der Waals surface area contributed by atoms with Gasteiger partial charge in [-0.15, -0.1) is 0 Å². The highest BCUT2D eigenvalue weighted by Crippen LogP contribution is 2.31. The molecule has 31 heavy (non-hydrogen) atoms. The van der Waals surface area contributed by atoms with E-state index in [0.29, 0.717) is 22.3 Å². The maximum Gasteiger partial charge on any atom is 0.361 e. The number of ether oxygens (including phenoxy) is 2. The molecular weight excluding hydrogens is 445 g/mol. The van der Waals surface area contributed by atoms with E-state index in [4.69, 9.17) is 32.7 Å². The average molecular weight is 466 g/mol. The number of halogens is 2. The van der Waals surface area contributed by atoms with Gasteiger partial charge in [-0.05, 0) is 39.0 Å². The summed E-state index contributed by atoms with van der Waals surface area (Å²) in [6, 6.07) is 6.56. The molecule has 9 nitrogen and oxygen atoms in total. The fourth-order valence-corrected chi connectivity index (χ4v) is 2.91. The van der Waals surface area contributed by atoms with Crippen molar-refractivity contribution in [1.82, 2.24) is 19.6 Å². The van der Waals surface area contributed by atoms with Crippen LogP contribution in [-0.4, -0.2) is 37.5 Å². The van der Waals surface area contributed by atoms with Gasteiger partial charge < -0.3 is 14.8 Å². The molecule has 2 heterocycles. The third-order valence-corrected chi connectivity index (χ3v) is 4.81. The normalized spacial score (nSPS) is 10.9. The van der Waals surface area contributed by atoms with Gasteiger partial charge in [0.2, 0.25) is 0 Å². The number of benzene rings is 1. The lowest BCUT2D eigenvalue weighted by Gasteiger charge is -2.09. The maximum absolute atomic E-state index is 12.6. The molecule has 1 N–H and O–H groups in total. The van der Waals surface area contributed by atoms with E-state index >= 15 is 0 Å². The number of carbonyl (C=O) groups is 2. The lowest BCUT2D eigenvalue weighted by molar-refractivity contribution is 0.0371. The predicted molar refractivity (Wildman–Crippen MR) is 116 cm³/mol. The summed E-state index contributed by atoms with van der Waals surface area (Å²) in [6.07, 6.45) is 2.83. The maximum atomic E-state index is 12.6. The topological polar surface area (TPSA) is 100 Å². The van der Waals surface area contributed by atoms with Crippen molar-refractivity contribution in [2.24, 2.45) is 0 Å². The van der Waals surface area contributed by atoms with Crippen molar-refractivity contribution < 1.29 is 19.1 Å². The quantitative estimate of drug-likeness (QED) is 0.498. The van der Waals surface area contributed by atoms with Crippen LogP contribution in [0.5, 0.6) is 5.75 Å². The van der Waals surface area contributed by atoms with Crippen molar-refractivity contribution in [3.05, 3.63) is 58.1 Å². The van der Waals surface area contributed by atoms with E-state index in [2.05, 4.69) is 15.5 Å². The van der Waals surface area contributed by atoms with Crippen LogP contribution in [0, 0.1) is 0 Å². The second-order valence-corrected chi connectivity index (χ2v) is 7.51. The molecule has 0 radical (unpaired) electrons. The Bertz CT molecular complexity index is 1090. The Labute approximate surface area is 188 Å². The minimum Gasteiger partial charge on any atom is -0.470 e. The van der Waals surface area contributed by atoms with Crippen LogP contribution in [0.25, 0.3) is 0 Å². The second kappa shape index (κ2) is 9.84. The molecule has 2 aromatic heterocycles. The zero-order valence-corrected chi connectivity index (χ0v) is 18.6. The fraction of sp³-hybridized carbons (Fsp3) is 0.300. The van der Waals surface area contributed by atoms with Crippen LogP contribution in [0.2, 0.25) is 10.0 Å². The number of nitrogens with zero attached hydrogens (tertiary/aromatic N) is 4. The van der Waals surface area contributed by atoms with Gasteiger partial charge in [0.15, 0.2) is 18.1 Å². The van der Waals surface area contributed by atoms with E-state index in [9.17, 15) is 9.59 Å². The van der Waals surface area contributed by atoms with Crippen LogP contribution in [0.15, 0.2) is 36.7 Å². The Morgan fingerprint density at radius 1 is 1.16 bits per heavy atom. The Morgan fingerprint density at radius 3 is 2.65 bits per heavy atom. The van der Waals surface area contributed by atoms with Crippen LogP contribution >= 0.6 is 23.2 Å². The molecular formula is C20H21Cl2N5O4. The van der Waals surface area contributed by atoms with Crippen molar-refractivity contribution in [2.45, 2.75) is 40.2 Å². The van der Waals surface area contributed by atoms with Gasteiger partial charge in [0.05, 0.1) is 16.8 Å². The van der Waals surface area contributed by atoms with Crippen molar-refractivity contribution in [2.75, 3.05) is 5.32 Å². The number of hydrogen-bond donors (Lipinski definition) is 1. The van der Waals surface area contributed by atoms with Crippen molar-refractivity contribution >= 4 is 40.8 Å². The van der Waals surface area contributed by atoms with Gasteiger partial charge in [0.25, 0.3) is 5.91 Å². The summed E-state index contributed by atoms with van der Waals surface area (Å²) in [5.41, 5.74) is 0.407. The third kappa shape index (κ3) is 5.56. The summed E-state index contributed by atoms with van der Waals surface area (Å²) in [7, 11) is 0. The largest absolute Gasteiger partial charge is 0.470 e. The number of nitrogens with one attached hydrogen (secondary N) is 1. The zero-order chi connectivity index (χ0) is 22.5. The highest BCUT2D eigenvalue weighted by Gasteiger charge is 2.22. The first-order valence-electron chi connectivity index (χ1n) is 9.48. The summed E-state index contributed by atoms with van der Waals surface area (Å²) in [4.78, 5) is 24.9. The van der Waals surface area contributed by atoms with Gasteiger partial charge >= 0.3 is 5.97 Å². The second-order valence-electron chi connectivity index (χ2n) is 6.72. The molecule has 164 valence electrons. The first-order chi connectivity index (χ1) is 14.8. The Morgan fingerprint density at radius 2 is 1.94 bits per heavy atom. The summed E-state index contributed by atoms with van der Waals surface area (Å²) in [5, 5.41) is 11.7. The predicted octanol–water partition coefficient (Wildman–Crippen LogP) is 4.26. The molecule has 1 aromatic carbocycles. The van der Waals surface area contributed by atoms with Crippen LogP contribution in [0.1, 0.15) is 41.7 Å². The Hall–Kier alpha value is -3.04. The van der Waals surface area contributed by atoms with Gasteiger partial charge in [0, 0.05) is 18.9 Å². The van der Waals surface area contributed by atoms with Crippen molar-refractivity contribution in [1.29, 1.82) is 0 Å². The van der Waals surface area contributed by atoms with Gasteiger partial charge in [-0.1, -0.05) is 29.3 Å². The van der Waals surface area contributed by atoms with Crippen LogP contribution in [-0.2, 0) is 18.0 Å². The standard InChI is InChI=1S/C20H21Cl2N5O4/c1-4-26-10-15(18(25-26)20(29)31-12(2)3)23-19(28)14-8-9-27(24-14)11-30-16-7-5-6-13(21)17(16)22/h5-10,12H,4,11H2,1-3H3,(H,23,28). The van der Waals surface area contributed by atoms with Crippen molar-refractivity contribution in [3.8, 4) is 5.75 Å². The molecule has 0 spiro atoms. The molecule has 3 rings (SSSR count). The Balaban J connectivity index is 1.69. The van der Waals surface area contributed by atoms with Crippen LogP contribution in [0.3, 0.4) is 0 Å². The average Bonchev–Trinajstić information content (AvgIpc) is 3.35. The van der Waals surface area contributed by atoms with Gasteiger partial charge in [-0.25, -0.2) is 9.48 Å². The molecule has 0 aliphatic heterocycles. The van der Waals surface area contributed by atoms with E-state index in [1.54, 1.807) is 44.4 Å². The van der Waals surface area contributed by atoms with E-state index in [1.807, 2.05) is 6.92 Å². The highest BCUT2D eigenvalue weighted by atomic mass is 35.5. The summed E-state index contributed by atoms with van der Waals surface area (Å²) in [5.74, 6) is -0.723. The summed E-state index contributed by atoms with van der Waals surface area (Å²) in [6.45, 7) is 5.88. The first kappa shape index (κ1) is 22.6. The number of hydrogen-bond acceptors (Lipinski definition) is 6. The number of aryl methyl sites for hydroxylation is 1. The van der Waals surface area contributed by atoms with Gasteiger partial charge in [-0.2, -0.15) is 10.2 Å². The molecule has 0 fully saturated rings. The van der Waals surface area contributed by atoms with E-state index < -0.39 is 11.9 Å².